The smallest absolute Gasteiger partial charge is 0.238 e. The van der Waals surface area contributed by atoms with Gasteiger partial charge < -0.3 is 15.4 Å². The van der Waals surface area contributed by atoms with Crippen molar-refractivity contribution in [2.24, 2.45) is 0 Å². The van der Waals surface area contributed by atoms with Crippen LogP contribution in [0.1, 0.15) is 13.8 Å². The summed E-state index contributed by atoms with van der Waals surface area (Å²) in [6.07, 6.45) is 0. The molecule has 0 aliphatic rings. The molecule has 1 amide bonds. The second kappa shape index (κ2) is 7.50. The van der Waals surface area contributed by atoms with Crippen LogP contribution in [0.4, 0.5) is 5.69 Å². The largest absolute Gasteiger partial charge is 0.487 e. The first-order chi connectivity index (χ1) is 8.63. The van der Waals surface area contributed by atoms with Crippen LogP contribution < -0.4 is 15.4 Å². The Morgan fingerprint density at radius 2 is 2.11 bits per heavy atom. The molecule has 0 saturated carbocycles. The van der Waals surface area contributed by atoms with Gasteiger partial charge in [0, 0.05) is 0 Å². The van der Waals surface area contributed by atoms with E-state index in [1.54, 1.807) is 0 Å². The predicted octanol–water partition coefficient (Wildman–Crippen LogP) is 2.19. The fraction of sp³-hybridized carbons (Fsp3) is 0.357. The number of carbonyl (C=O) groups excluding carboxylic acids is 1. The number of para-hydroxylation sites is 2. The Bertz CT molecular complexity index is 416. The van der Waals surface area contributed by atoms with Crippen LogP contribution in [-0.2, 0) is 4.79 Å². The highest BCUT2D eigenvalue weighted by molar-refractivity contribution is 5.93. The van der Waals surface area contributed by atoms with Gasteiger partial charge in [0.25, 0.3) is 0 Å². The lowest BCUT2D eigenvalue weighted by atomic mass is 10.3. The van der Waals surface area contributed by atoms with Crippen molar-refractivity contribution in [2.45, 2.75) is 13.8 Å². The third-order valence-corrected chi connectivity index (χ3v) is 2.17. The maximum absolute atomic E-state index is 11.6. The van der Waals surface area contributed by atoms with E-state index in [9.17, 15) is 4.79 Å². The SMILES string of the molecule is C=C(C)COc1ccccc1NC(=O)CNCC. The summed E-state index contributed by atoms with van der Waals surface area (Å²) in [5, 5.41) is 5.78. The minimum Gasteiger partial charge on any atom is -0.487 e. The molecule has 0 aliphatic carbocycles. The van der Waals surface area contributed by atoms with Crippen LogP contribution in [0.2, 0.25) is 0 Å². The third kappa shape index (κ3) is 5.01. The molecular formula is C14H20N2O2. The standard InChI is InChI=1S/C14H20N2O2/c1-4-15-9-14(17)16-12-7-5-6-8-13(12)18-10-11(2)3/h5-8,15H,2,4,9-10H2,1,3H3,(H,16,17). The Morgan fingerprint density at radius 3 is 2.78 bits per heavy atom. The van der Waals surface area contributed by atoms with Crippen LogP contribution in [0, 0.1) is 0 Å². The van der Waals surface area contributed by atoms with Crippen LogP contribution in [0.15, 0.2) is 36.4 Å². The lowest BCUT2D eigenvalue weighted by molar-refractivity contribution is -0.115. The van der Waals surface area contributed by atoms with Crippen molar-refractivity contribution >= 4 is 11.6 Å². The van der Waals surface area contributed by atoms with E-state index in [1.165, 1.54) is 0 Å². The van der Waals surface area contributed by atoms with Gasteiger partial charge >= 0.3 is 0 Å². The first kappa shape index (κ1) is 14.3. The molecule has 0 spiro atoms. The quantitative estimate of drug-likeness (QED) is 0.727. The molecule has 0 heterocycles. The highest BCUT2D eigenvalue weighted by Gasteiger charge is 2.06. The molecule has 1 aromatic carbocycles. The molecule has 1 aromatic rings. The minimum atomic E-state index is -0.0803. The highest BCUT2D eigenvalue weighted by Crippen LogP contribution is 2.23. The van der Waals surface area contributed by atoms with E-state index >= 15 is 0 Å². The number of anilines is 1. The summed E-state index contributed by atoms with van der Waals surface area (Å²) < 4.78 is 5.57. The number of rotatable bonds is 7. The van der Waals surface area contributed by atoms with Crippen LogP contribution in [0.5, 0.6) is 5.75 Å². The third-order valence-electron chi connectivity index (χ3n) is 2.17. The number of hydrogen-bond acceptors (Lipinski definition) is 3. The number of likely N-dealkylation sites (N-methyl/N-ethyl adjacent to an activating group) is 1. The normalized spacial score (nSPS) is 9.89. The van der Waals surface area contributed by atoms with Gasteiger partial charge in [-0.2, -0.15) is 0 Å². The van der Waals surface area contributed by atoms with Crippen LogP contribution >= 0.6 is 0 Å². The molecule has 4 nitrogen and oxygen atoms in total. The monoisotopic (exact) mass is 248 g/mol. The van der Waals surface area contributed by atoms with Gasteiger partial charge in [-0.1, -0.05) is 25.6 Å². The maximum Gasteiger partial charge on any atom is 0.238 e. The van der Waals surface area contributed by atoms with Gasteiger partial charge in [0.15, 0.2) is 0 Å². The van der Waals surface area contributed by atoms with E-state index in [1.807, 2.05) is 38.1 Å². The lowest BCUT2D eigenvalue weighted by Crippen LogP contribution is -2.27. The van der Waals surface area contributed by atoms with Crippen LogP contribution in [0.3, 0.4) is 0 Å². The van der Waals surface area contributed by atoms with Crippen molar-refractivity contribution in [2.75, 3.05) is 25.0 Å². The minimum absolute atomic E-state index is 0.0803. The summed E-state index contributed by atoms with van der Waals surface area (Å²) in [6, 6.07) is 7.37. The molecule has 0 fully saturated rings. The second-order valence-corrected chi connectivity index (χ2v) is 4.07. The first-order valence-electron chi connectivity index (χ1n) is 6.00. The Hall–Kier alpha value is -1.81. The zero-order valence-corrected chi connectivity index (χ0v) is 11.0. The zero-order valence-electron chi connectivity index (χ0n) is 11.0. The van der Waals surface area contributed by atoms with Gasteiger partial charge in [-0.3, -0.25) is 4.79 Å². The van der Waals surface area contributed by atoms with Gasteiger partial charge in [-0.25, -0.2) is 0 Å². The fourth-order valence-electron chi connectivity index (χ4n) is 1.33. The molecule has 0 saturated heterocycles. The topological polar surface area (TPSA) is 50.4 Å². The van der Waals surface area contributed by atoms with Crippen molar-refractivity contribution in [3.05, 3.63) is 36.4 Å². The fourth-order valence-corrected chi connectivity index (χ4v) is 1.33. The summed E-state index contributed by atoms with van der Waals surface area (Å²) in [5.41, 5.74) is 1.62. The first-order valence-corrected chi connectivity index (χ1v) is 6.00. The van der Waals surface area contributed by atoms with Crippen LogP contribution in [0.25, 0.3) is 0 Å². The molecule has 0 aliphatic heterocycles. The molecule has 4 heteroatoms. The Balaban J connectivity index is 2.63. The molecule has 18 heavy (non-hydrogen) atoms. The zero-order chi connectivity index (χ0) is 13.4. The van der Waals surface area contributed by atoms with E-state index in [0.29, 0.717) is 24.6 Å². The summed E-state index contributed by atoms with van der Waals surface area (Å²) >= 11 is 0. The van der Waals surface area contributed by atoms with Gasteiger partial charge in [0.2, 0.25) is 5.91 Å². The van der Waals surface area contributed by atoms with E-state index < -0.39 is 0 Å². The molecule has 0 atom stereocenters. The van der Waals surface area contributed by atoms with Crippen molar-refractivity contribution in [1.29, 1.82) is 0 Å². The summed E-state index contributed by atoms with van der Waals surface area (Å²) in [6.45, 7) is 9.14. The number of amides is 1. The molecular weight excluding hydrogens is 228 g/mol. The number of hydrogen-bond donors (Lipinski definition) is 2. The van der Waals surface area contributed by atoms with Gasteiger partial charge in [0.05, 0.1) is 12.2 Å². The molecule has 1 rings (SSSR count). The van der Waals surface area contributed by atoms with E-state index in [-0.39, 0.29) is 5.91 Å². The van der Waals surface area contributed by atoms with Crippen molar-refractivity contribution < 1.29 is 9.53 Å². The van der Waals surface area contributed by atoms with Crippen LogP contribution in [-0.4, -0.2) is 25.6 Å². The van der Waals surface area contributed by atoms with Gasteiger partial charge in [0.1, 0.15) is 12.4 Å². The average Bonchev–Trinajstić information content (AvgIpc) is 2.35. The number of ether oxygens (including phenoxy) is 1. The van der Waals surface area contributed by atoms with E-state index in [4.69, 9.17) is 4.74 Å². The molecule has 0 radical (unpaired) electrons. The predicted molar refractivity (Wildman–Crippen MR) is 73.9 cm³/mol. The average molecular weight is 248 g/mol. The number of nitrogens with one attached hydrogen (secondary N) is 2. The maximum atomic E-state index is 11.6. The van der Waals surface area contributed by atoms with Crippen molar-refractivity contribution in [1.82, 2.24) is 5.32 Å². The van der Waals surface area contributed by atoms with E-state index in [0.717, 1.165) is 12.1 Å². The molecule has 0 bridgehead atoms. The number of carbonyl (C=O) groups is 1. The molecule has 0 aromatic heterocycles. The Labute approximate surface area is 108 Å². The molecule has 0 unspecified atom stereocenters. The van der Waals surface area contributed by atoms with E-state index in [2.05, 4.69) is 17.2 Å². The van der Waals surface area contributed by atoms with Gasteiger partial charge in [-0.05, 0) is 31.2 Å². The lowest BCUT2D eigenvalue weighted by Gasteiger charge is -2.12. The van der Waals surface area contributed by atoms with Crippen molar-refractivity contribution in [3.63, 3.8) is 0 Å². The summed E-state index contributed by atoms with van der Waals surface area (Å²) in [4.78, 5) is 11.6. The Kier molecular flexibility index (Phi) is 5.94. The Morgan fingerprint density at radius 1 is 1.39 bits per heavy atom. The summed E-state index contributed by atoms with van der Waals surface area (Å²) in [5.74, 6) is 0.577. The molecule has 2 N–H and O–H groups in total. The van der Waals surface area contributed by atoms with Crippen molar-refractivity contribution in [3.8, 4) is 5.75 Å². The highest BCUT2D eigenvalue weighted by atomic mass is 16.5. The second-order valence-electron chi connectivity index (χ2n) is 4.07. The summed E-state index contributed by atoms with van der Waals surface area (Å²) in [7, 11) is 0. The van der Waals surface area contributed by atoms with Gasteiger partial charge in [-0.15, -0.1) is 0 Å². The number of benzene rings is 1. The molecule has 98 valence electrons.